The van der Waals surface area contributed by atoms with Crippen LogP contribution >= 0.6 is 0 Å². The van der Waals surface area contributed by atoms with Gasteiger partial charge in [0.25, 0.3) is 5.56 Å². The number of aromatic nitrogens is 3. The number of pyridine rings is 1. The molecule has 4 heterocycles. The summed E-state index contributed by atoms with van der Waals surface area (Å²) in [5.74, 6) is 2.02. The molecular formula is C33H48N6O3. The molecule has 9 heteroatoms. The molecule has 1 aromatic carbocycles. The van der Waals surface area contributed by atoms with Gasteiger partial charge >= 0.3 is 0 Å². The third-order valence-electron chi connectivity index (χ3n) is 9.29. The SMILES string of the molecule is CCCC(CO)(CCC)c1nc(N2CCC(CN3CCNCC3)CC2)nc2ccc(-c3cn(C)c(=O)cc3OC)cc12. The summed E-state index contributed by atoms with van der Waals surface area (Å²) in [6, 6.07) is 7.75. The van der Waals surface area contributed by atoms with Crippen molar-refractivity contribution < 1.29 is 9.84 Å². The Morgan fingerprint density at radius 3 is 2.40 bits per heavy atom. The molecule has 9 nitrogen and oxygen atoms in total. The van der Waals surface area contributed by atoms with Gasteiger partial charge in [0, 0.05) is 81.5 Å². The lowest BCUT2D eigenvalue weighted by Gasteiger charge is -2.37. The first-order valence-corrected chi connectivity index (χ1v) is 15.8. The largest absolute Gasteiger partial charge is 0.496 e. The summed E-state index contributed by atoms with van der Waals surface area (Å²) in [7, 11) is 3.34. The number of aryl methyl sites for hydroxylation is 1. The van der Waals surface area contributed by atoms with E-state index >= 15 is 0 Å². The molecule has 2 aliphatic heterocycles. The monoisotopic (exact) mass is 576 g/mol. The third kappa shape index (κ3) is 6.33. The van der Waals surface area contributed by atoms with Crippen LogP contribution < -0.4 is 20.5 Å². The molecule has 0 radical (unpaired) electrons. The van der Waals surface area contributed by atoms with E-state index in [4.69, 9.17) is 14.7 Å². The van der Waals surface area contributed by atoms with Gasteiger partial charge in [-0.25, -0.2) is 9.97 Å². The van der Waals surface area contributed by atoms with Gasteiger partial charge in [-0.2, -0.15) is 0 Å². The zero-order valence-corrected chi connectivity index (χ0v) is 25.9. The van der Waals surface area contributed by atoms with Gasteiger partial charge in [0.1, 0.15) is 5.75 Å². The van der Waals surface area contributed by atoms with Gasteiger partial charge in [-0.3, -0.25) is 4.79 Å². The highest BCUT2D eigenvalue weighted by atomic mass is 16.5. The maximum absolute atomic E-state index is 12.3. The summed E-state index contributed by atoms with van der Waals surface area (Å²) in [5, 5.41) is 15.3. The van der Waals surface area contributed by atoms with E-state index in [1.807, 2.05) is 12.3 Å². The van der Waals surface area contributed by atoms with E-state index in [1.54, 1.807) is 18.7 Å². The molecule has 0 spiro atoms. The fourth-order valence-electron chi connectivity index (χ4n) is 6.95. The van der Waals surface area contributed by atoms with Crippen LogP contribution in [-0.2, 0) is 12.5 Å². The molecule has 42 heavy (non-hydrogen) atoms. The van der Waals surface area contributed by atoms with Crippen LogP contribution in [0.5, 0.6) is 5.75 Å². The predicted molar refractivity (Wildman–Crippen MR) is 170 cm³/mol. The Morgan fingerprint density at radius 1 is 1.05 bits per heavy atom. The molecule has 0 atom stereocenters. The van der Waals surface area contributed by atoms with Crippen LogP contribution in [0, 0.1) is 5.92 Å². The quantitative estimate of drug-likeness (QED) is 0.354. The molecule has 2 aliphatic rings. The number of methoxy groups -OCH3 is 1. The summed E-state index contributed by atoms with van der Waals surface area (Å²) >= 11 is 0. The molecule has 0 amide bonds. The van der Waals surface area contributed by atoms with Crippen molar-refractivity contribution in [2.24, 2.45) is 13.0 Å². The highest BCUT2D eigenvalue weighted by Gasteiger charge is 2.35. The average Bonchev–Trinajstić information content (AvgIpc) is 3.02. The van der Waals surface area contributed by atoms with Crippen molar-refractivity contribution in [3.05, 3.63) is 46.5 Å². The number of aliphatic hydroxyl groups is 1. The van der Waals surface area contributed by atoms with Crippen LogP contribution in [0.4, 0.5) is 5.95 Å². The van der Waals surface area contributed by atoms with E-state index in [0.29, 0.717) is 11.7 Å². The Morgan fingerprint density at radius 2 is 1.76 bits per heavy atom. The number of benzene rings is 1. The summed E-state index contributed by atoms with van der Waals surface area (Å²) in [6.07, 6.45) is 7.70. The minimum atomic E-state index is -0.452. The average molecular weight is 577 g/mol. The van der Waals surface area contributed by atoms with Gasteiger partial charge in [-0.05, 0) is 49.3 Å². The van der Waals surface area contributed by atoms with Crippen LogP contribution in [0.25, 0.3) is 22.0 Å². The minimum Gasteiger partial charge on any atom is -0.496 e. The van der Waals surface area contributed by atoms with Gasteiger partial charge < -0.3 is 29.5 Å². The smallest absolute Gasteiger partial charge is 0.254 e. The molecule has 2 aromatic heterocycles. The first kappa shape index (κ1) is 30.4. The van der Waals surface area contributed by atoms with E-state index < -0.39 is 5.41 Å². The number of piperazine rings is 1. The summed E-state index contributed by atoms with van der Waals surface area (Å²) < 4.78 is 7.17. The van der Waals surface area contributed by atoms with Gasteiger partial charge in [0.05, 0.1) is 24.9 Å². The Balaban J connectivity index is 1.54. The van der Waals surface area contributed by atoms with Crippen molar-refractivity contribution in [1.29, 1.82) is 0 Å². The van der Waals surface area contributed by atoms with Crippen molar-refractivity contribution >= 4 is 16.9 Å². The van der Waals surface area contributed by atoms with E-state index in [9.17, 15) is 9.90 Å². The van der Waals surface area contributed by atoms with Crippen molar-refractivity contribution in [3.63, 3.8) is 0 Å². The number of hydrogen-bond donors (Lipinski definition) is 2. The Bertz CT molecular complexity index is 1400. The van der Waals surface area contributed by atoms with E-state index in [0.717, 1.165) is 111 Å². The molecule has 3 aromatic rings. The van der Waals surface area contributed by atoms with Gasteiger partial charge in [0.15, 0.2) is 0 Å². The number of rotatable bonds is 11. The molecule has 0 aliphatic carbocycles. The maximum Gasteiger partial charge on any atom is 0.254 e. The number of piperidine rings is 1. The van der Waals surface area contributed by atoms with Crippen LogP contribution in [-0.4, -0.2) is 84.1 Å². The van der Waals surface area contributed by atoms with Crippen LogP contribution in [0.3, 0.4) is 0 Å². The summed E-state index contributed by atoms with van der Waals surface area (Å²) in [4.78, 5) is 27.7. The second kappa shape index (κ2) is 13.5. The second-order valence-corrected chi connectivity index (χ2v) is 12.2. The normalized spacial score (nSPS) is 17.2. The van der Waals surface area contributed by atoms with E-state index in [-0.39, 0.29) is 12.2 Å². The first-order chi connectivity index (χ1) is 20.4. The zero-order chi connectivity index (χ0) is 29.7. The topological polar surface area (TPSA) is 95.8 Å². The number of ether oxygens (including phenoxy) is 1. The number of hydrogen-bond acceptors (Lipinski definition) is 8. The molecule has 0 saturated carbocycles. The molecule has 2 N–H and O–H groups in total. The highest BCUT2D eigenvalue weighted by Crippen LogP contribution is 2.40. The maximum atomic E-state index is 12.3. The highest BCUT2D eigenvalue weighted by molar-refractivity contribution is 5.89. The van der Waals surface area contributed by atoms with E-state index in [2.05, 4.69) is 41.1 Å². The molecule has 2 saturated heterocycles. The molecule has 0 unspecified atom stereocenters. The van der Waals surface area contributed by atoms with Crippen molar-refractivity contribution in [3.8, 4) is 16.9 Å². The number of anilines is 1. The van der Waals surface area contributed by atoms with E-state index in [1.165, 1.54) is 12.6 Å². The van der Waals surface area contributed by atoms with Crippen molar-refractivity contribution in [2.45, 2.75) is 57.8 Å². The summed E-state index contributed by atoms with van der Waals surface area (Å²) in [6.45, 7) is 11.9. The van der Waals surface area contributed by atoms with Gasteiger partial charge in [-0.15, -0.1) is 0 Å². The molecule has 5 rings (SSSR count). The van der Waals surface area contributed by atoms with Crippen molar-refractivity contribution in [1.82, 2.24) is 24.8 Å². The Hall–Kier alpha value is -3.01. The Labute approximate surface area is 249 Å². The van der Waals surface area contributed by atoms with Crippen molar-refractivity contribution in [2.75, 3.05) is 64.4 Å². The molecular weight excluding hydrogens is 528 g/mol. The van der Waals surface area contributed by atoms with Crippen LogP contribution in [0.1, 0.15) is 58.1 Å². The lowest BCUT2D eigenvalue weighted by Crippen LogP contribution is -2.47. The predicted octanol–water partition coefficient (Wildman–Crippen LogP) is 3.96. The lowest BCUT2D eigenvalue weighted by molar-refractivity contribution is 0.169. The third-order valence-corrected chi connectivity index (χ3v) is 9.29. The second-order valence-electron chi connectivity index (χ2n) is 12.2. The van der Waals surface area contributed by atoms with Crippen LogP contribution in [0.2, 0.25) is 0 Å². The number of nitrogens with one attached hydrogen (secondary N) is 1. The number of aliphatic hydroxyl groups excluding tert-OH is 1. The van der Waals surface area contributed by atoms with Crippen LogP contribution in [0.15, 0.2) is 35.3 Å². The molecule has 228 valence electrons. The molecule has 2 fully saturated rings. The minimum absolute atomic E-state index is 0.0421. The fraction of sp³-hybridized carbons (Fsp3) is 0.606. The number of fused-ring (bicyclic) bond motifs is 1. The number of nitrogens with zero attached hydrogens (tertiary/aromatic N) is 5. The lowest BCUT2D eigenvalue weighted by atomic mass is 9.75. The first-order valence-electron chi connectivity index (χ1n) is 15.8. The zero-order valence-electron chi connectivity index (χ0n) is 25.9. The molecule has 0 bridgehead atoms. The van der Waals surface area contributed by atoms with Gasteiger partial charge in [0.2, 0.25) is 5.95 Å². The standard InChI is InChI=1S/C33H48N6O3/c1-5-11-33(23-40,12-6-2)31-26-19-25(27-22-37(3)30(41)20-29(27)42-4)7-8-28(26)35-32(36-31)39-15-9-24(10-16-39)21-38-17-13-34-14-18-38/h7-8,19-20,22,24,34,40H,5-6,9-18,21,23H2,1-4H3. The fourth-order valence-corrected chi connectivity index (χ4v) is 6.95. The van der Waals surface area contributed by atoms with Gasteiger partial charge in [-0.1, -0.05) is 32.8 Å². The Kier molecular flexibility index (Phi) is 9.81. The summed E-state index contributed by atoms with van der Waals surface area (Å²) in [5.41, 5.74) is 3.02.